The van der Waals surface area contributed by atoms with Gasteiger partial charge in [0.25, 0.3) is 0 Å². The van der Waals surface area contributed by atoms with Gasteiger partial charge in [0.05, 0.1) is 0 Å². The van der Waals surface area contributed by atoms with Gasteiger partial charge >= 0.3 is 0 Å². The van der Waals surface area contributed by atoms with Gasteiger partial charge in [0, 0.05) is 11.4 Å². The first-order valence-electron chi connectivity index (χ1n) is 5.97. The first-order valence-corrected chi connectivity index (χ1v) is 5.97. The van der Waals surface area contributed by atoms with E-state index in [-0.39, 0.29) is 0 Å². The van der Waals surface area contributed by atoms with E-state index in [1.165, 1.54) is 22.3 Å². The molecule has 0 amide bonds. The van der Waals surface area contributed by atoms with Gasteiger partial charge in [-0.05, 0) is 60.4 Å². The first-order chi connectivity index (χ1) is 8.58. The summed E-state index contributed by atoms with van der Waals surface area (Å²) in [5.41, 5.74) is 17.9. The van der Waals surface area contributed by atoms with Gasteiger partial charge in [0.1, 0.15) is 0 Å². The maximum atomic E-state index is 5.70. The van der Waals surface area contributed by atoms with Crippen molar-refractivity contribution in [3.8, 4) is 0 Å². The summed E-state index contributed by atoms with van der Waals surface area (Å²) in [4.78, 5) is 0. The van der Waals surface area contributed by atoms with Crippen LogP contribution in [0.4, 0.5) is 11.4 Å². The molecule has 2 aromatic carbocycles. The SMILES string of the molecule is C/C(=C(/C)c1ccc(N)cc1)c1ccc(N)cc1. The Morgan fingerprint density at radius 2 is 0.889 bits per heavy atom. The monoisotopic (exact) mass is 238 g/mol. The summed E-state index contributed by atoms with van der Waals surface area (Å²) in [6.07, 6.45) is 0. The minimum absolute atomic E-state index is 0.789. The summed E-state index contributed by atoms with van der Waals surface area (Å²) in [6, 6.07) is 15.9. The van der Waals surface area contributed by atoms with Crippen molar-refractivity contribution in [1.29, 1.82) is 0 Å². The number of anilines is 2. The van der Waals surface area contributed by atoms with Crippen molar-refractivity contribution < 1.29 is 0 Å². The molecule has 0 aromatic heterocycles. The molecule has 2 nitrogen and oxygen atoms in total. The number of nitrogen functional groups attached to an aromatic ring is 2. The summed E-state index contributed by atoms with van der Waals surface area (Å²) in [7, 11) is 0. The topological polar surface area (TPSA) is 52.0 Å². The van der Waals surface area contributed by atoms with Crippen LogP contribution in [0.15, 0.2) is 48.5 Å². The lowest BCUT2D eigenvalue weighted by Gasteiger charge is -2.09. The van der Waals surface area contributed by atoms with E-state index in [9.17, 15) is 0 Å². The second-order valence-electron chi connectivity index (χ2n) is 4.49. The third-order valence-electron chi connectivity index (χ3n) is 3.25. The van der Waals surface area contributed by atoms with E-state index in [1.807, 2.05) is 48.5 Å². The van der Waals surface area contributed by atoms with Gasteiger partial charge in [-0.3, -0.25) is 0 Å². The Kier molecular flexibility index (Phi) is 3.38. The molecule has 92 valence electrons. The molecular formula is C16H18N2. The molecular weight excluding hydrogens is 220 g/mol. The Hall–Kier alpha value is -2.22. The van der Waals surface area contributed by atoms with E-state index < -0.39 is 0 Å². The van der Waals surface area contributed by atoms with Crippen LogP contribution in [0.25, 0.3) is 11.1 Å². The van der Waals surface area contributed by atoms with Gasteiger partial charge in [-0.25, -0.2) is 0 Å². The Morgan fingerprint density at radius 1 is 0.611 bits per heavy atom. The van der Waals surface area contributed by atoms with E-state index in [0.717, 1.165) is 11.4 Å². The van der Waals surface area contributed by atoms with Gasteiger partial charge < -0.3 is 11.5 Å². The van der Waals surface area contributed by atoms with Crippen LogP contribution >= 0.6 is 0 Å². The summed E-state index contributed by atoms with van der Waals surface area (Å²) < 4.78 is 0. The number of rotatable bonds is 2. The fraction of sp³-hybridized carbons (Fsp3) is 0.125. The smallest absolute Gasteiger partial charge is 0.0314 e. The van der Waals surface area contributed by atoms with E-state index >= 15 is 0 Å². The number of allylic oxidation sites excluding steroid dienone is 2. The molecule has 0 aliphatic carbocycles. The highest BCUT2D eigenvalue weighted by atomic mass is 14.5. The lowest BCUT2D eigenvalue weighted by molar-refractivity contribution is 1.51. The fourth-order valence-electron chi connectivity index (χ4n) is 1.90. The predicted molar refractivity (Wildman–Crippen MR) is 79.9 cm³/mol. The van der Waals surface area contributed by atoms with Gasteiger partial charge in [-0.15, -0.1) is 0 Å². The molecule has 0 radical (unpaired) electrons. The molecule has 2 heteroatoms. The quantitative estimate of drug-likeness (QED) is 0.617. The van der Waals surface area contributed by atoms with Crippen LogP contribution in [0, 0.1) is 0 Å². The van der Waals surface area contributed by atoms with Crippen LogP contribution in [-0.2, 0) is 0 Å². The van der Waals surface area contributed by atoms with E-state index in [1.54, 1.807) is 0 Å². The zero-order valence-electron chi connectivity index (χ0n) is 10.8. The van der Waals surface area contributed by atoms with Crippen LogP contribution < -0.4 is 11.5 Å². The second-order valence-corrected chi connectivity index (χ2v) is 4.49. The molecule has 0 heterocycles. The third kappa shape index (κ3) is 2.54. The highest BCUT2D eigenvalue weighted by Crippen LogP contribution is 2.26. The highest BCUT2D eigenvalue weighted by molar-refractivity contribution is 5.89. The van der Waals surface area contributed by atoms with Gasteiger partial charge in [0.2, 0.25) is 0 Å². The molecule has 0 aliphatic rings. The molecule has 0 saturated heterocycles. The van der Waals surface area contributed by atoms with Crippen molar-refractivity contribution in [3.05, 3.63) is 59.7 Å². The summed E-state index contributed by atoms with van der Waals surface area (Å²) in [5, 5.41) is 0. The fourth-order valence-corrected chi connectivity index (χ4v) is 1.90. The van der Waals surface area contributed by atoms with Crippen LogP contribution in [0.5, 0.6) is 0 Å². The minimum Gasteiger partial charge on any atom is -0.399 e. The van der Waals surface area contributed by atoms with Crippen LogP contribution in [0.2, 0.25) is 0 Å². The Morgan fingerprint density at radius 3 is 1.17 bits per heavy atom. The van der Waals surface area contributed by atoms with Crippen molar-refractivity contribution in [2.24, 2.45) is 0 Å². The molecule has 2 aromatic rings. The molecule has 18 heavy (non-hydrogen) atoms. The standard InChI is InChI=1S/C16H18N2/c1-11(13-3-7-15(17)8-4-13)12(2)14-5-9-16(18)10-6-14/h3-10H,17-18H2,1-2H3/b12-11+. The summed E-state index contributed by atoms with van der Waals surface area (Å²) >= 11 is 0. The van der Waals surface area contributed by atoms with Crippen molar-refractivity contribution in [3.63, 3.8) is 0 Å². The number of hydrogen-bond donors (Lipinski definition) is 2. The molecule has 0 unspecified atom stereocenters. The van der Waals surface area contributed by atoms with Crippen molar-refractivity contribution in [1.82, 2.24) is 0 Å². The van der Waals surface area contributed by atoms with E-state index in [4.69, 9.17) is 11.5 Å². The summed E-state index contributed by atoms with van der Waals surface area (Å²) in [5.74, 6) is 0. The Labute approximate surface area is 108 Å². The van der Waals surface area contributed by atoms with Gasteiger partial charge in [0.15, 0.2) is 0 Å². The average Bonchev–Trinajstić information content (AvgIpc) is 2.39. The van der Waals surface area contributed by atoms with Crippen LogP contribution in [0.1, 0.15) is 25.0 Å². The normalized spacial score (nSPS) is 12.1. The lowest BCUT2D eigenvalue weighted by Crippen LogP contribution is -1.89. The molecule has 0 bridgehead atoms. The number of nitrogens with two attached hydrogens (primary N) is 2. The number of benzene rings is 2. The molecule has 0 aliphatic heterocycles. The first kappa shape index (κ1) is 12.2. The van der Waals surface area contributed by atoms with Crippen molar-refractivity contribution >= 4 is 22.5 Å². The van der Waals surface area contributed by atoms with Crippen molar-refractivity contribution in [2.75, 3.05) is 11.5 Å². The average molecular weight is 238 g/mol. The zero-order valence-corrected chi connectivity index (χ0v) is 10.8. The highest BCUT2D eigenvalue weighted by Gasteiger charge is 2.03. The minimum atomic E-state index is 0.789. The Balaban J connectivity index is 2.40. The molecule has 0 fully saturated rings. The van der Waals surface area contributed by atoms with Crippen LogP contribution in [0.3, 0.4) is 0 Å². The number of hydrogen-bond acceptors (Lipinski definition) is 2. The van der Waals surface area contributed by atoms with Crippen molar-refractivity contribution in [2.45, 2.75) is 13.8 Å². The Bertz CT molecular complexity index is 510. The maximum Gasteiger partial charge on any atom is 0.0314 e. The summed E-state index contributed by atoms with van der Waals surface area (Å²) in [6.45, 7) is 4.24. The van der Waals surface area contributed by atoms with E-state index in [2.05, 4.69) is 13.8 Å². The molecule has 0 atom stereocenters. The maximum absolute atomic E-state index is 5.70. The van der Waals surface area contributed by atoms with Crippen LogP contribution in [-0.4, -0.2) is 0 Å². The third-order valence-corrected chi connectivity index (χ3v) is 3.25. The second kappa shape index (κ2) is 4.96. The lowest BCUT2D eigenvalue weighted by atomic mass is 9.97. The predicted octanol–water partition coefficient (Wildman–Crippen LogP) is 3.80. The molecule has 0 spiro atoms. The molecule has 2 rings (SSSR count). The zero-order chi connectivity index (χ0) is 13.1. The van der Waals surface area contributed by atoms with Gasteiger partial charge in [-0.2, -0.15) is 0 Å². The largest absolute Gasteiger partial charge is 0.399 e. The van der Waals surface area contributed by atoms with E-state index in [0.29, 0.717) is 0 Å². The molecule has 4 N–H and O–H groups in total. The van der Waals surface area contributed by atoms with Gasteiger partial charge in [-0.1, -0.05) is 24.3 Å². The molecule has 0 saturated carbocycles.